The lowest BCUT2D eigenvalue weighted by molar-refractivity contribution is -0.131. The van der Waals surface area contributed by atoms with Crippen molar-refractivity contribution in [3.05, 3.63) is 30.1 Å². The smallest absolute Gasteiger partial charge is 0.327 e. The normalized spacial score (nSPS) is 9.50. The number of rotatable bonds is 9. The average Bonchev–Trinajstić information content (AvgIpc) is 3.30. The maximum Gasteiger partial charge on any atom is 0.327 e. The van der Waals surface area contributed by atoms with Gasteiger partial charge in [0.25, 0.3) is 0 Å². The van der Waals surface area contributed by atoms with Gasteiger partial charge in [-0.2, -0.15) is 4.68 Å². The Hall–Kier alpha value is -2.25. The summed E-state index contributed by atoms with van der Waals surface area (Å²) in [6.45, 7) is 6.52. The fourth-order valence-electron chi connectivity index (χ4n) is 1.18. The predicted molar refractivity (Wildman–Crippen MR) is 93.2 cm³/mol. The van der Waals surface area contributed by atoms with Crippen LogP contribution in [0.3, 0.4) is 0 Å². The van der Waals surface area contributed by atoms with Crippen molar-refractivity contribution in [2.24, 2.45) is 0 Å². The minimum Gasteiger partial charge on any atom is -0.478 e. The number of nitrogens with zero attached hydrogens (tertiary/aromatic N) is 5. The van der Waals surface area contributed by atoms with Crippen LogP contribution in [0.15, 0.2) is 24.2 Å². The van der Waals surface area contributed by atoms with E-state index in [4.69, 9.17) is 24.8 Å². The molecule has 0 aliphatic carbocycles. The van der Waals surface area contributed by atoms with Crippen molar-refractivity contribution in [1.82, 2.24) is 25.2 Å². The molecule has 0 saturated heterocycles. The van der Waals surface area contributed by atoms with Gasteiger partial charge in [0.05, 0.1) is 39.6 Å². The molecule has 0 aromatic carbocycles. The van der Waals surface area contributed by atoms with Gasteiger partial charge in [-0.25, -0.2) is 9.78 Å². The summed E-state index contributed by atoms with van der Waals surface area (Å²) < 4.78 is 11.3. The summed E-state index contributed by atoms with van der Waals surface area (Å²) in [5.41, 5.74) is 0. The number of thiazole rings is 1. The van der Waals surface area contributed by atoms with Gasteiger partial charge in [-0.05, 0) is 17.4 Å². The van der Waals surface area contributed by atoms with Crippen molar-refractivity contribution in [1.29, 1.82) is 0 Å². The Morgan fingerprint density at radius 3 is 2.19 bits per heavy atom. The third-order valence-electron chi connectivity index (χ3n) is 2.24. The fraction of sp³-hybridized carbons (Fsp3) is 0.500. The molecule has 0 atom stereocenters. The van der Waals surface area contributed by atoms with Crippen LogP contribution in [0.5, 0.6) is 0 Å². The Morgan fingerprint density at radius 1 is 1.27 bits per heavy atom. The van der Waals surface area contributed by atoms with E-state index in [2.05, 4.69) is 27.1 Å². The summed E-state index contributed by atoms with van der Waals surface area (Å²) in [6, 6.07) is 0. The van der Waals surface area contributed by atoms with Crippen LogP contribution in [-0.2, 0) is 14.3 Å². The van der Waals surface area contributed by atoms with Gasteiger partial charge in [0.15, 0.2) is 5.82 Å². The number of hydrogen-bond donors (Lipinski definition) is 3. The molecule has 0 radical (unpaired) electrons. The Labute approximate surface area is 154 Å². The minimum atomic E-state index is -0.981. The molecule has 2 aromatic rings. The molecule has 0 amide bonds. The van der Waals surface area contributed by atoms with Crippen molar-refractivity contribution in [3.63, 3.8) is 0 Å². The van der Waals surface area contributed by atoms with Crippen LogP contribution in [0.2, 0.25) is 0 Å². The van der Waals surface area contributed by atoms with E-state index in [-0.39, 0.29) is 13.2 Å². The molecule has 3 N–H and O–H groups in total. The van der Waals surface area contributed by atoms with Crippen molar-refractivity contribution >= 4 is 17.3 Å². The van der Waals surface area contributed by atoms with Gasteiger partial charge < -0.3 is 24.8 Å². The second-order valence-corrected chi connectivity index (χ2v) is 5.04. The van der Waals surface area contributed by atoms with Crippen molar-refractivity contribution in [3.8, 4) is 5.13 Å². The third-order valence-corrected chi connectivity index (χ3v) is 2.99. The zero-order valence-electron chi connectivity index (χ0n) is 14.4. The quantitative estimate of drug-likeness (QED) is 0.384. The number of aromatic nitrogens is 5. The number of hydrogen-bond acceptors (Lipinski definition) is 10. The summed E-state index contributed by atoms with van der Waals surface area (Å²) in [5, 5.41) is 37.8. The van der Waals surface area contributed by atoms with Crippen LogP contribution in [0.1, 0.15) is 5.82 Å². The van der Waals surface area contributed by atoms with Crippen molar-refractivity contribution in [2.45, 2.75) is 6.92 Å². The van der Waals surface area contributed by atoms with E-state index in [1.54, 1.807) is 10.9 Å². The highest BCUT2D eigenvalue weighted by atomic mass is 32.1. The van der Waals surface area contributed by atoms with Gasteiger partial charge in [0, 0.05) is 17.7 Å². The largest absolute Gasteiger partial charge is 0.478 e. The van der Waals surface area contributed by atoms with E-state index in [9.17, 15) is 4.79 Å². The standard InChI is InChI=1S/C6H14O4.C5H5N5S.C3H4O2/c7-1-3-9-5-6-10-4-2-8;1-4-7-8-9-10(4)5-6-2-3-11-5;1-2-3(4)5/h7-8H,1-6H2;2-3H,1H3;2H,1H2,(H,4,5). The second-order valence-electron chi connectivity index (χ2n) is 4.17. The Kier molecular flexibility index (Phi) is 14.8. The molecule has 2 rings (SSSR count). The first-order chi connectivity index (χ1) is 12.6. The number of ether oxygens (including phenoxy) is 2. The first kappa shape index (κ1) is 23.8. The molecule has 11 nitrogen and oxygen atoms in total. The molecule has 2 heterocycles. The van der Waals surface area contributed by atoms with Crippen LogP contribution in [0, 0.1) is 6.92 Å². The van der Waals surface area contributed by atoms with E-state index in [1.165, 1.54) is 11.3 Å². The van der Waals surface area contributed by atoms with E-state index in [0.717, 1.165) is 17.0 Å². The molecule has 12 heteroatoms. The van der Waals surface area contributed by atoms with Gasteiger partial charge in [0.1, 0.15) is 0 Å². The first-order valence-electron chi connectivity index (χ1n) is 7.44. The number of aliphatic hydroxyl groups excluding tert-OH is 2. The summed E-state index contributed by atoms with van der Waals surface area (Å²) in [7, 11) is 0. The Bertz CT molecular complexity index is 584. The van der Waals surface area contributed by atoms with E-state index in [0.29, 0.717) is 26.4 Å². The highest BCUT2D eigenvalue weighted by molar-refractivity contribution is 7.12. The topological polar surface area (TPSA) is 153 Å². The van der Waals surface area contributed by atoms with Gasteiger partial charge in [-0.15, -0.1) is 16.4 Å². The number of aliphatic carboxylic acids is 1. The summed E-state index contributed by atoms with van der Waals surface area (Å²) in [6.07, 6.45) is 2.56. The Balaban J connectivity index is 0.000000388. The van der Waals surface area contributed by atoms with Gasteiger partial charge >= 0.3 is 5.97 Å². The van der Waals surface area contributed by atoms with Crippen LogP contribution in [0.25, 0.3) is 5.13 Å². The molecule has 146 valence electrons. The summed E-state index contributed by atoms with van der Waals surface area (Å²) in [4.78, 5) is 13.3. The molecule has 26 heavy (non-hydrogen) atoms. The van der Waals surface area contributed by atoms with Crippen LogP contribution >= 0.6 is 11.3 Å². The number of carbonyl (C=O) groups is 1. The number of carboxylic acid groups (broad SMARTS) is 1. The molecule has 0 saturated carbocycles. The van der Waals surface area contributed by atoms with Gasteiger partial charge in [-0.1, -0.05) is 6.58 Å². The monoisotopic (exact) mass is 389 g/mol. The first-order valence-corrected chi connectivity index (χ1v) is 8.32. The zero-order valence-corrected chi connectivity index (χ0v) is 15.2. The van der Waals surface area contributed by atoms with E-state index >= 15 is 0 Å². The zero-order chi connectivity index (χ0) is 19.6. The maximum atomic E-state index is 9.25. The SMILES string of the molecule is C=CC(=O)O.Cc1nnnn1-c1nccs1.OCCOCCOCCO. The van der Waals surface area contributed by atoms with E-state index < -0.39 is 5.97 Å². The van der Waals surface area contributed by atoms with Crippen LogP contribution < -0.4 is 0 Å². The number of aliphatic hydroxyl groups is 2. The van der Waals surface area contributed by atoms with E-state index in [1.807, 2.05) is 12.3 Å². The highest BCUT2D eigenvalue weighted by Crippen LogP contribution is 2.09. The Morgan fingerprint density at radius 2 is 1.85 bits per heavy atom. The van der Waals surface area contributed by atoms with Crippen molar-refractivity contribution in [2.75, 3.05) is 39.6 Å². The number of aryl methyl sites for hydroxylation is 1. The molecular formula is C14H23N5O6S. The summed E-state index contributed by atoms with van der Waals surface area (Å²) >= 11 is 1.50. The number of carboxylic acids is 1. The molecule has 0 unspecified atom stereocenters. The van der Waals surface area contributed by atoms with Crippen LogP contribution in [0.4, 0.5) is 0 Å². The molecular weight excluding hydrogens is 366 g/mol. The lowest BCUT2D eigenvalue weighted by Crippen LogP contribution is -2.09. The van der Waals surface area contributed by atoms with Gasteiger partial charge in [-0.3, -0.25) is 0 Å². The summed E-state index contributed by atoms with van der Waals surface area (Å²) in [5.74, 6) is -0.232. The van der Waals surface area contributed by atoms with Gasteiger partial charge in [0.2, 0.25) is 5.13 Å². The lowest BCUT2D eigenvalue weighted by Gasteiger charge is -2.01. The fourth-order valence-corrected chi connectivity index (χ4v) is 1.81. The molecule has 0 spiro atoms. The molecule has 0 fully saturated rings. The minimum absolute atomic E-state index is 0.0417. The lowest BCUT2D eigenvalue weighted by atomic mass is 10.7. The molecule has 0 aliphatic heterocycles. The average molecular weight is 389 g/mol. The number of tetrazole rings is 1. The van der Waals surface area contributed by atoms with Crippen molar-refractivity contribution < 1.29 is 29.6 Å². The van der Waals surface area contributed by atoms with Crippen LogP contribution in [-0.4, -0.2) is 86.1 Å². The predicted octanol–water partition coefficient (Wildman–Crippen LogP) is -0.312. The maximum absolute atomic E-state index is 9.25. The molecule has 0 bridgehead atoms. The molecule has 2 aromatic heterocycles. The third kappa shape index (κ3) is 12.2. The second kappa shape index (κ2) is 16.2. The highest BCUT2D eigenvalue weighted by Gasteiger charge is 2.03. The molecule has 0 aliphatic rings.